The zero-order valence-corrected chi connectivity index (χ0v) is 14.3. The lowest BCUT2D eigenvalue weighted by Gasteiger charge is -2.19. The van der Waals surface area contributed by atoms with Crippen LogP contribution in [0, 0.1) is 0 Å². The molecule has 1 aromatic rings. The number of anilines is 1. The molecule has 2 amide bonds. The molecule has 0 radical (unpaired) electrons. The monoisotopic (exact) mass is 362 g/mol. The molecule has 0 unspecified atom stereocenters. The highest BCUT2D eigenvalue weighted by Crippen LogP contribution is 2.25. The largest absolute Gasteiger partial charge is 0.488 e. The van der Waals surface area contributed by atoms with Crippen molar-refractivity contribution < 1.29 is 30.8 Å². The highest BCUT2D eigenvalue weighted by atomic mass is 32.3. The van der Waals surface area contributed by atoms with Crippen molar-refractivity contribution in [1.82, 2.24) is 5.32 Å². The maximum Gasteiger partial charge on any atom is 0.488 e. The Morgan fingerprint density at radius 1 is 1.21 bits per heavy atom. The lowest BCUT2D eigenvalue weighted by atomic mass is 10.2. The van der Waals surface area contributed by atoms with Crippen molar-refractivity contribution >= 4 is 28.2 Å². The molecule has 0 atom stereocenters. The van der Waals surface area contributed by atoms with Crippen LogP contribution in [-0.2, 0) is 20.0 Å². The molecule has 0 saturated heterocycles. The molecule has 24 heavy (non-hydrogen) atoms. The molecule has 0 aliphatic heterocycles. The van der Waals surface area contributed by atoms with Gasteiger partial charge in [0.1, 0.15) is 5.60 Å². The van der Waals surface area contributed by atoms with Crippen molar-refractivity contribution in [3.63, 3.8) is 0 Å². The second-order valence-electron chi connectivity index (χ2n) is 5.70. The molecule has 0 aliphatic carbocycles. The predicted molar refractivity (Wildman–Crippen MR) is 84.6 cm³/mol. The van der Waals surface area contributed by atoms with Crippen LogP contribution in [0.15, 0.2) is 24.3 Å². The molecular weight excluding hydrogens is 343 g/mol. The molecule has 0 aliphatic rings. The summed E-state index contributed by atoms with van der Waals surface area (Å²) >= 11 is 0. The van der Waals surface area contributed by atoms with Crippen LogP contribution in [0.2, 0.25) is 0 Å². The molecule has 0 aromatic heterocycles. The average Bonchev–Trinajstić information content (AvgIpc) is 2.37. The van der Waals surface area contributed by atoms with Crippen LogP contribution in [-0.4, -0.2) is 32.6 Å². The van der Waals surface area contributed by atoms with Gasteiger partial charge in [-0.3, -0.25) is 4.79 Å². The molecule has 8 nitrogen and oxygen atoms in total. The Hall–Kier alpha value is -2.36. The van der Waals surface area contributed by atoms with Crippen molar-refractivity contribution in [2.24, 2.45) is 0 Å². The summed E-state index contributed by atoms with van der Waals surface area (Å²) in [5.74, 6) is -0.883. The molecule has 0 bridgehead atoms. The average molecular weight is 362 g/mol. The van der Waals surface area contributed by atoms with E-state index in [1.807, 2.05) is 0 Å². The van der Waals surface area contributed by atoms with Crippen LogP contribution in [0.5, 0.6) is 5.75 Å². The van der Waals surface area contributed by atoms with Crippen LogP contribution >= 0.6 is 0 Å². The quantitative estimate of drug-likeness (QED) is 0.750. The van der Waals surface area contributed by atoms with Gasteiger partial charge in [-0.1, -0.05) is 16.0 Å². The highest BCUT2D eigenvalue weighted by molar-refractivity contribution is 7.81. The summed E-state index contributed by atoms with van der Waals surface area (Å²) in [5, 5.41) is 4.77. The summed E-state index contributed by atoms with van der Waals surface area (Å²) in [6.45, 7) is 5.12. The van der Waals surface area contributed by atoms with E-state index in [-0.39, 0.29) is 24.4 Å². The predicted octanol–water partition coefficient (Wildman–Crippen LogP) is 2.13. The van der Waals surface area contributed by atoms with Crippen LogP contribution in [0.1, 0.15) is 27.2 Å². The van der Waals surface area contributed by atoms with E-state index in [1.54, 1.807) is 20.8 Å². The summed E-state index contributed by atoms with van der Waals surface area (Å²) in [7, 11) is -5.21. The number of ether oxygens (including phenoxy) is 1. The van der Waals surface area contributed by atoms with Gasteiger partial charge in [0.05, 0.1) is 5.69 Å². The first kappa shape index (κ1) is 19.7. The van der Waals surface area contributed by atoms with Gasteiger partial charge in [-0.15, -0.1) is 0 Å². The number of hydrogen-bond donors (Lipinski definition) is 2. The van der Waals surface area contributed by atoms with Crippen molar-refractivity contribution in [1.29, 1.82) is 0 Å². The molecule has 0 heterocycles. The minimum Gasteiger partial charge on any atom is -0.444 e. The van der Waals surface area contributed by atoms with Crippen molar-refractivity contribution in [3.05, 3.63) is 24.3 Å². The Morgan fingerprint density at radius 3 is 2.42 bits per heavy atom. The first-order chi connectivity index (χ1) is 11.0. The molecule has 10 heteroatoms. The number of hydrogen-bond acceptors (Lipinski definition) is 6. The van der Waals surface area contributed by atoms with E-state index in [2.05, 4.69) is 14.8 Å². The molecule has 0 spiro atoms. The number of para-hydroxylation sites is 2. The molecule has 2 N–H and O–H groups in total. The third-order valence-electron chi connectivity index (χ3n) is 2.37. The number of carbonyl (C=O) groups excluding carboxylic acids is 2. The molecule has 1 aromatic carbocycles. The Balaban J connectivity index is 2.53. The molecule has 0 saturated carbocycles. The summed E-state index contributed by atoms with van der Waals surface area (Å²) in [4.78, 5) is 23.2. The standard InChI is InChI=1S/C14H19FN2O6S/c1-14(2,3)22-13(19)16-9-8-12(18)17-10-6-4-5-7-11(10)23-24(15,20)21/h4-7H,8-9H2,1-3H3,(H,16,19)(H,17,18). The third-order valence-corrected chi connectivity index (χ3v) is 2.75. The second-order valence-corrected chi connectivity index (χ2v) is 6.65. The normalized spacial score (nSPS) is 11.5. The topological polar surface area (TPSA) is 111 Å². The maximum atomic E-state index is 12.6. The molecule has 0 fully saturated rings. The SMILES string of the molecule is CC(C)(C)OC(=O)NCCC(=O)Nc1ccccc1OS(=O)(=O)F. The third kappa shape index (κ3) is 8.32. The number of amides is 2. The van der Waals surface area contributed by atoms with Crippen LogP contribution < -0.4 is 14.8 Å². The summed E-state index contributed by atoms with van der Waals surface area (Å²) in [6, 6.07) is 5.46. The Labute approximate surface area is 139 Å². The first-order valence-corrected chi connectivity index (χ1v) is 8.27. The number of rotatable bonds is 6. The van der Waals surface area contributed by atoms with Crippen LogP contribution in [0.4, 0.5) is 14.4 Å². The van der Waals surface area contributed by atoms with Gasteiger partial charge in [0, 0.05) is 13.0 Å². The fourth-order valence-corrected chi connectivity index (χ4v) is 1.91. The van der Waals surface area contributed by atoms with E-state index in [9.17, 15) is 21.9 Å². The Kier molecular flexibility index (Phi) is 6.52. The number of alkyl carbamates (subject to hydrolysis) is 1. The van der Waals surface area contributed by atoms with Gasteiger partial charge in [0.15, 0.2) is 5.75 Å². The number of nitrogens with one attached hydrogen (secondary N) is 2. The summed E-state index contributed by atoms with van der Waals surface area (Å²) in [5.41, 5.74) is -0.665. The van der Waals surface area contributed by atoms with E-state index in [4.69, 9.17) is 4.74 Å². The van der Waals surface area contributed by atoms with Gasteiger partial charge in [-0.25, -0.2) is 4.79 Å². The van der Waals surface area contributed by atoms with Crippen molar-refractivity contribution in [3.8, 4) is 5.75 Å². The number of carbonyl (C=O) groups is 2. The number of benzene rings is 1. The van der Waals surface area contributed by atoms with Gasteiger partial charge in [-0.05, 0) is 32.9 Å². The van der Waals surface area contributed by atoms with Gasteiger partial charge in [0.25, 0.3) is 0 Å². The van der Waals surface area contributed by atoms with Crippen molar-refractivity contribution in [2.75, 3.05) is 11.9 Å². The Bertz CT molecular complexity index is 699. The smallest absolute Gasteiger partial charge is 0.444 e. The van der Waals surface area contributed by atoms with E-state index < -0.39 is 28.1 Å². The summed E-state index contributed by atoms with van der Waals surface area (Å²) in [6.07, 6.45) is -0.766. The maximum absolute atomic E-state index is 12.6. The van der Waals surface area contributed by atoms with Crippen LogP contribution in [0.25, 0.3) is 0 Å². The lowest BCUT2D eigenvalue weighted by Crippen LogP contribution is -2.34. The van der Waals surface area contributed by atoms with Gasteiger partial charge < -0.3 is 19.6 Å². The van der Waals surface area contributed by atoms with E-state index in [0.29, 0.717) is 0 Å². The van der Waals surface area contributed by atoms with E-state index in [1.165, 1.54) is 24.3 Å². The van der Waals surface area contributed by atoms with E-state index in [0.717, 1.165) is 0 Å². The zero-order chi connectivity index (χ0) is 18.4. The van der Waals surface area contributed by atoms with E-state index >= 15 is 0 Å². The minimum atomic E-state index is -5.21. The van der Waals surface area contributed by atoms with Gasteiger partial charge >= 0.3 is 16.6 Å². The summed E-state index contributed by atoms with van der Waals surface area (Å²) < 4.78 is 42.8. The van der Waals surface area contributed by atoms with Gasteiger partial charge in [0.2, 0.25) is 5.91 Å². The fraction of sp³-hybridized carbons (Fsp3) is 0.429. The lowest BCUT2D eigenvalue weighted by molar-refractivity contribution is -0.116. The fourth-order valence-electron chi connectivity index (χ4n) is 1.55. The van der Waals surface area contributed by atoms with Crippen molar-refractivity contribution in [2.45, 2.75) is 32.8 Å². The van der Waals surface area contributed by atoms with Gasteiger partial charge in [-0.2, -0.15) is 8.42 Å². The zero-order valence-electron chi connectivity index (χ0n) is 13.5. The molecular formula is C14H19FN2O6S. The second kappa shape index (κ2) is 7.95. The molecule has 1 rings (SSSR count). The van der Waals surface area contributed by atoms with Crippen LogP contribution in [0.3, 0.4) is 0 Å². The first-order valence-electron chi connectivity index (χ1n) is 6.96. The Morgan fingerprint density at radius 2 is 1.83 bits per heavy atom. The number of halogens is 1. The molecule has 134 valence electrons. The highest BCUT2D eigenvalue weighted by Gasteiger charge is 2.17. The minimum absolute atomic E-state index is 0.00514.